The molecule has 0 fully saturated rings. The molecule has 0 saturated heterocycles. The number of nitrogens with zero attached hydrogens (tertiary/aromatic N) is 2. The van der Waals surface area contributed by atoms with Crippen LogP contribution < -0.4 is 23.8 Å². The van der Waals surface area contributed by atoms with Gasteiger partial charge in [-0.1, -0.05) is 48.9 Å². The average molecular weight is 618 g/mol. The van der Waals surface area contributed by atoms with Gasteiger partial charge in [0.2, 0.25) is 11.8 Å². The molecule has 0 aliphatic heterocycles. The van der Waals surface area contributed by atoms with E-state index in [1.807, 2.05) is 30.3 Å². The lowest BCUT2D eigenvalue weighted by Crippen LogP contribution is -2.52. The highest BCUT2D eigenvalue weighted by atomic mass is 35.5. The van der Waals surface area contributed by atoms with Gasteiger partial charge >= 0.3 is 0 Å². The minimum atomic E-state index is -4.40. The maximum Gasteiger partial charge on any atom is 0.265 e. The van der Waals surface area contributed by atoms with Gasteiger partial charge in [0.1, 0.15) is 18.3 Å². The van der Waals surface area contributed by atoms with E-state index in [0.717, 1.165) is 9.87 Å². The van der Waals surface area contributed by atoms with Crippen molar-refractivity contribution in [3.05, 3.63) is 77.3 Å². The number of sulfonamides is 1. The Labute approximate surface area is 252 Å². The van der Waals surface area contributed by atoms with Crippen molar-refractivity contribution in [1.29, 1.82) is 0 Å². The van der Waals surface area contributed by atoms with Gasteiger partial charge < -0.3 is 24.4 Å². The van der Waals surface area contributed by atoms with Gasteiger partial charge in [0, 0.05) is 24.7 Å². The summed E-state index contributed by atoms with van der Waals surface area (Å²) in [6, 6.07) is 17.3. The molecule has 0 aliphatic carbocycles. The van der Waals surface area contributed by atoms with Gasteiger partial charge in [-0.2, -0.15) is 0 Å². The molecule has 0 bridgehead atoms. The molecule has 0 unspecified atom stereocenters. The van der Waals surface area contributed by atoms with E-state index in [2.05, 4.69) is 5.32 Å². The number of hydrogen-bond acceptors (Lipinski definition) is 7. The van der Waals surface area contributed by atoms with Gasteiger partial charge in [0.05, 0.1) is 31.9 Å². The van der Waals surface area contributed by atoms with E-state index in [1.54, 1.807) is 13.0 Å². The second-order valence-corrected chi connectivity index (χ2v) is 11.5. The van der Waals surface area contributed by atoms with Crippen LogP contribution in [0, 0.1) is 0 Å². The van der Waals surface area contributed by atoms with Crippen LogP contribution in [0.2, 0.25) is 5.02 Å². The lowest BCUT2D eigenvalue weighted by atomic mass is 10.1. The van der Waals surface area contributed by atoms with E-state index in [-0.39, 0.29) is 39.6 Å². The fourth-order valence-electron chi connectivity index (χ4n) is 4.54. The second kappa shape index (κ2) is 14.8. The van der Waals surface area contributed by atoms with E-state index >= 15 is 0 Å². The molecule has 2 amide bonds. The summed E-state index contributed by atoms with van der Waals surface area (Å²) in [6.07, 6.45) is 0.784. The number of nitrogens with one attached hydrogen (secondary N) is 1. The normalized spacial score (nSPS) is 11.8. The Hall–Kier alpha value is -3.96. The standard InChI is InChI=1S/C30H36ClN3O7S/c1-6-24(30(36)32-2)33(17-16-21-10-8-7-9-11-21)29(35)20-34(25-18-22(31)12-14-26(25)39-3)42(37,38)23-13-15-27(40-4)28(19-23)41-5/h7-15,18-19,24H,6,16-17,20H2,1-5H3,(H,32,36)/t24-/m0/s1. The number of ether oxygens (including phenoxy) is 3. The Balaban J connectivity index is 2.12. The zero-order valence-electron chi connectivity index (χ0n) is 24.3. The smallest absolute Gasteiger partial charge is 0.265 e. The highest BCUT2D eigenvalue weighted by Crippen LogP contribution is 2.37. The molecule has 10 nitrogen and oxygen atoms in total. The van der Waals surface area contributed by atoms with E-state index in [1.165, 1.54) is 63.6 Å². The first-order chi connectivity index (χ1) is 20.1. The lowest BCUT2D eigenvalue weighted by molar-refractivity contribution is -0.139. The average Bonchev–Trinajstić information content (AvgIpc) is 3.01. The summed E-state index contributed by atoms with van der Waals surface area (Å²) in [5.41, 5.74) is 1.03. The molecule has 0 radical (unpaired) electrons. The second-order valence-electron chi connectivity index (χ2n) is 9.21. The maximum atomic E-state index is 14.2. The first-order valence-corrected chi connectivity index (χ1v) is 15.1. The van der Waals surface area contributed by atoms with E-state index in [9.17, 15) is 18.0 Å². The summed E-state index contributed by atoms with van der Waals surface area (Å²) >= 11 is 6.29. The molecule has 3 aromatic carbocycles. The van der Waals surface area contributed by atoms with Gasteiger partial charge in [-0.25, -0.2) is 8.42 Å². The Kier molecular flexibility index (Phi) is 11.5. The summed E-state index contributed by atoms with van der Waals surface area (Å²) in [7, 11) is 1.31. The number of likely N-dealkylation sites (N-methyl/N-ethyl adjacent to an activating group) is 1. The molecule has 0 aliphatic rings. The van der Waals surface area contributed by atoms with Gasteiger partial charge in [0.15, 0.2) is 11.5 Å². The minimum Gasteiger partial charge on any atom is -0.495 e. The first kappa shape index (κ1) is 32.6. The largest absolute Gasteiger partial charge is 0.495 e. The number of anilines is 1. The summed E-state index contributed by atoms with van der Waals surface area (Å²) in [6.45, 7) is 1.35. The third-order valence-electron chi connectivity index (χ3n) is 6.75. The van der Waals surface area contributed by atoms with Crippen molar-refractivity contribution in [2.75, 3.05) is 45.8 Å². The molecular weight excluding hydrogens is 582 g/mol. The molecule has 3 aromatic rings. The summed E-state index contributed by atoms with van der Waals surface area (Å²) < 4.78 is 45.4. The maximum absolute atomic E-state index is 14.2. The molecule has 0 aromatic heterocycles. The molecule has 0 saturated carbocycles. The molecule has 1 atom stereocenters. The number of amides is 2. The van der Waals surface area contributed by atoms with Crippen molar-refractivity contribution < 1.29 is 32.2 Å². The van der Waals surface area contributed by atoms with Crippen LogP contribution in [0.5, 0.6) is 17.2 Å². The first-order valence-electron chi connectivity index (χ1n) is 13.2. The third-order valence-corrected chi connectivity index (χ3v) is 8.74. The molecular formula is C30H36ClN3O7S. The molecule has 1 N–H and O–H groups in total. The Bertz CT molecular complexity index is 1490. The number of hydrogen-bond donors (Lipinski definition) is 1. The number of methoxy groups -OCH3 is 3. The molecule has 42 heavy (non-hydrogen) atoms. The van der Waals surface area contributed by atoms with Gasteiger partial charge in [0.25, 0.3) is 10.0 Å². The van der Waals surface area contributed by atoms with E-state index < -0.39 is 28.5 Å². The van der Waals surface area contributed by atoms with Gasteiger partial charge in [-0.15, -0.1) is 0 Å². The summed E-state index contributed by atoms with van der Waals surface area (Å²) in [4.78, 5) is 28.2. The predicted octanol–water partition coefficient (Wildman–Crippen LogP) is 4.16. The van der Waals surface area contributed by atoms with Crippen molar-refractivity contribution in [3.8, 4) is 17.2 Å². The monoisotopic (exact) mass is 617 g/mol. The minimum absolute atomic E-state index is 0.0594. The molecule has 12 heteroatoms. The van der Waals surface area contributed by atoms with E-state index in [0.29, 0.717) is 18.6 Å². The number of carbonyl (C=O) groups is 2. The lowest BCUT2D eigenvalue weighted by Gasteiger charge is -2.33. The highest BCUT2D eigenvalue weighted by Gasteiger charge is 2.35. The highest BCUT2D eigenvalue weighted by molar-refractivity contribution is 7.92. The number of rotatable bonds is 14. The van der Waals surface area contributed by atoms with Crippen LogP contribution in [0.4, 0.5) is 5.69 Å². The van der Waals surface area contributed by atoms with Gasteiger partial charge in [-0.3, -0.25) is 13.9 Å². The quantitative estimate of drug-likeness (QED) is 0.289. The molecule has 0 heterocycles. The zero-order chi connectivity index (χ0) is 30.9. The number of benzene rings is 3. The Morgan fingerprint density at radius 3 is 2.14 bits per heavy atom. The van der Waals surface area contributed by atoms with Crippen LogP contribution in [-0.2, 0) is 26.0 Å². The number of halogens is 1. The molecule has 0 spiro atoms. The van der Waals surface area contributed by atoms with Crippen molar-refractivity contribution in [1.82, 2.24) is 10.2 Å². The summed E-state index contributed by atoms with van der Waals surface area (Å²) in [5, 5.41) is 2.85. The SMILES string of the molecule is CC[C@@H](C(=O)NC)N(CCc1ccccc1)C(=O)CN(c1cc(Cl)ccc1OC)S(=O)(=O)c1ccc(OC)c(OC)c1. The van der Waals surface area contributed by atoms with Crippen molar-refractivity contribution >= 4 is 39.1 Å². The molecule has 3 rings (SSSR count). The van der Waals surface area contributed by atoms with Crippen LogP contribution in [-0.4, -0.2) is 72.6 Å². The third kappa shape index (κ3) is 7.46. The van der Waals surface area contributed by atoms with Crippen LogP contribution in [0.1, 0.15) is 18.9 Å². The van der Waals surface area contributed by atoms with Crippen molar-refractivity contribution in [2.24, 2.45) is 0 Å². The van der Waals surface area contributed by atoms with Crippen LogP contribution in [0.25, 0.3) is 0 Å². The Morgan fingerprint density at radius 2 is 1.55 bits per heavy atom. The Morgan fingerprint density at radius 1 is 0.905 bits per heavy atom. The van der Waals surface area contributed by atoms with Crippen molar-refractivity contribution in [3.63, 3.8) is 0 Å². The zero-order valence-corrected chi connectivity index (χ0v) is 25.9. The fraction of sp³-hybridized carbons (Fsp3) is 0.333. The van der Waals surface area contributed by atoms with Crippen molar-refractivity contribution in [2.45, 2.75) is 30.7 Å². The molecule has 226 valence electrons. The van der Waals surface area contributed by atoms with E-state index in [4.69, 9.17) is 25.8 Å². The number of carbonyl (C=O) groups excluding carboxylic acids is 2. The summed E-state index contributed by atoms with van der Waals surface area (Å²) in [5.74, 6) is -0.215. The fourth-order valence-corrected chi connectivity index (χ4v) is 6.14. The van der Waals surface area contributed by atoms with Crippen LogP contribution in [0.15, 0.2) is 71.6 Å². The van der Waals surface area contributed by atoms with Crippen LogP contribution >= 0.6 is 11.6 Å². The topological polar surface area (TPSA) is 114 Å². The van der Waals surface area contributed by atoms with Gasteiger partial charge in [-0.05, 0) is 48.7 Å². The predicted molar refractivity (Wildman–Crippen MR) is 162 cm³/mol. The van der Waals surface area contributed by atoms with Crippen LogP contribution in [0.3, 0.4) is 0 Å².